The lowest BCUT2D eigenvalue weighted by molar-refractivity contribution is -0.383. The maximum Gasteiger partial charge on any atom is 0.386 e. The Balaban J connectivity index is 1.15. The van der Waals surface area contributed by atoms with Gasteiger partial charge in [-0.25, -0.2) is 28.6 Å². The van der Waals surface area contributed by atoms with Gasteiger partial charge in [-0.3, -0.25) is 23.7 Å². The number of rotatable bonds is 11. The van der Waals surface area contributed by atoms with Crippen LogP contribution in [0.25, 0.3) is 22.2 Å². The number of nitrogens with two attached hydrogens (primary N) is 1. The summed E-state index contributed by atoms with van der Waals surface area (Å²) in [6.07, 6.45) is -7.61. The molecule has 25 heteroatoms. The molecule has 3 aromatic heterocycles. The van der Waals surface area contributed by atoms with Crippen molar-refractivity contribution >= 4 is 71.3 Å². The van der Waals surface area contributed by atoms with Crippen LogP contribution in [0.3, 0.4) is 0 Å². The van der Waals surface area contributed by atoms with Crippen LogP contribution in [0.2, 0.25) is 0 Å². The number of fused-ring (bicyclic) bond motifs is 2. The second-order valence-electron chi connectivity index (χ2n) is 10.1. The molecule has 8 atom stereocenters. The van der Waals surface area contributed by atoms with Crippen molar-refractivity contribution in [1.29, 1.82) is 0 Å². The van der Waals surface area contributed by atoms with Crippen molar-refractivity contribution in [3.8, 4) is 0 Å². The summed E-state index contributed by atoms with van der Waals surface area (Å²) in [7, 11) is 0. The Morgan fingerprint density at radius 1 is 1.20 bits per heavy atom. The fraction of sp³-hybridized carbons (Fsp3) is 0.476. The third kappa shape index (κ3) is 6.64. The van der Waals surface area contributed by atoms with E-state index in [1.807, 2.05) is 0 Å². The zero-order chi connectivity index (χ0) is 33.0. The molecule has 4 aromatic rings. The van der Waals surface area contributed by atoms with Crippen LogP contribution in [0.4, 0.5) is 15.9 Å². The van der Waals surface area contributed by atoms with E-state index in [1.54, 1.807) is 6.07 Å². The van der Waals surface area contributed by atoms with Crippen molar-refractivity contribution in [2.24, 2.45) is 0 Å². The second kappa shape index (κ2) is 12.7. The normalized spacial score (nSPS) is 28.2. The number of thiol groups is 1. The molecular formula is C21H24FN9O11P2S2. The molecule has 0 aliphatic carbocycles. The summed E-state index contributed by atoms with van der Waals surface area (Å²) in [6.45, 7) is -9.89. The van der Waals surface area contributed by atoms with Gasteiger partial charge in [0.1, 0.15) is 30.2 Å². The summed E-state index contributed by atoms with van der Waals surface area (Å²) < 4.78 is 59.0. The Bertz CT molecular complexity index is 1880. The number of hydrogen-bond donors (Lipinski definition) is 5. The summed E-state index contributed by atoms with van der Waals surface area (Å²) in [4.78, 5) is 41.8. The fourth-order valence-corrected chi connectivity index (χ4v) is 7.09. The minimum atomic E-state index is -4.45. The Morgan fingerprint density at radius 2 is 1.96 bits per heavy atom. The van der Waals surface area contributed by atoms with Gasteiger partial charge in [0.25, 0.3) is 5.69 Å². The lowest BCUT2D eigenvalue weighted by Gasteiger charge is -2.24. The molecule has 0 bridgehead atoms. The lowest BCUT2D eigenvalue weighted by Crippen LogP contribution is -2.34. The van der Waals surface area contributed by atoms with Crippen LogP contribution in [0, 0.1) is 10.1 Å². The lowest BCUT2D eigenvalue weighted by atomic mass is 10.1. The summed E-state index contributed by atoms with van der Waals surface area (Å²) >= 11 is 8.43. The molecule has 0 radical (unpaired) electrons. The molecule has 6 rings (SSSR count). The number of ether oxygens (including phenoxy) is 2. The van der Waals surface area contributed by atoms with Crippen molar-refractivity contribution in [3.63, 3.8) is 0 Å². The van der Waals surface area contributed by atoms with Gasteiger partial charge in [0.2, 0.25) is 0 Å². The number of benzene rings is 1. The molecule has 46 heavy (non-hydrogen) atoms. The number of halogens is 1. The topological polar surface area (TPSA) is 267 Å². The third-order valence-electron chi connectivity index (χ3n) is 7.15. The summed E-state index contributed by atoms with van der Waals surface area (Å²) in [6, 6.07) is 4.26. The monoisotopic (exact) mass is 723 g/mol. The number of nitrogen functional groups attached to an aromatic ring is 1. The van der Waals surface area contributed by atoms with Gasteiger partial charge in [-0.2, -0.15) is 0 Å². The molecule has 5 N–H and O–H groups in total. The highest BCUT2D eigenvalue weighted by Gasteiger charge is 2.51. The molecule has 5 heterocycles. The Hall–Kier alpha value is -2.79. The third-order valence-corrected chi connectivity index (χ3v) is 9.56. The average Bonchev–Trinajstić information content (AvgIpc) is 3.76. The SMILES string of the molecule is Nc1ncnc2c1ncn2[C@@H]1O[C@H](COP(O)(O)=S)[C@@H](OP(=O)(S)OC[C@H]2O[C@@H](n3nnc4c([N+](=O)[O-])cccc43)C[C@@H]2O)[C@H]1F. The smallest absolute Gasteiger partial charge is 0.386 e. The van der Waals surface area contributed by atoms with E-state index in [1.165, 1.54) is 27.7 Å². The number of alkyl halides is 1. The maximum atomic E-state index is 16.0. The molecule has 2 aliphatic heterocycles. The van der Waals surface area contributed by atoms with Gasteiger partial charge in [0.15, 0.2) is 35.6 Å². The molecule has 20 nitrogen and oxygen atoms in total. The number of aliphatic hydroxyl groups is 1. The molecule has 1 unspecified atom stereocenters. The van der Waals surface area contributed by atoms with Crippen molar-refractivity contribution in [3.05, 3.63) is 41.0 Å². The first-order valence-electron chi connectivity index (χ1n) is 13.1. The number of hydrogen-bond acceptors (Lipinski definition) is 16. The Morgan fingerprint density at radius 3 is 2.70 bits per heavy atom. The number of aromatic nitrogens is 7. The molecule has 248 valence electrons. The van der Waals surface area contributed by atoms with Crippen molar-refractivity contribution in [2.45, 2.75) is 49.5 Å². The number of imidazole rings is 1. The van der Waals surface area contributed by atoms with Crippen LogP contribution in [0.15, 0.2) is 30.9 Å². The van der Waals surface area contributed by atoms with Gasteiger partial charge in [-0.15, -0.1) is 5.10 Å². The second-order valence-corrected chi connectivity index (χ2v) is 15.6. The average molecular weight is 724 g/mol. The van der Waals surface area contributed by atoms with Crippen LogP contribution < -0.4 is 5.73 Å². The number of nitro benzene ring substituents is 1. The summed E-state index contributed by atoms with van der Waals surface area (Å²) in [5.41, 5.74) is 6.12. The van der Waals surface area contributed by atoms with E-state index >= 15 is 4.39 Å². The zero-order valence-corrected chi connectivity index (χ0v) is 26.4. The van der Waals surface area contributed by atoms with Gasteiger partial charge in [0.05, 0.1) is 36.1 Å². The van der Waals surface area contributed by atoms with E-state index in [-0.39, 0.29) is 40.1 Å². The van der Waals surface area contributed by atoms with Gasteiger partial charge < -0.3 is 34.6 Å². The van der Waals surface area contributed by atoms with Gasteiger partial charge in [-0.05, 0) is 17.9 Å². The number of aliphatic hydroxyl groups excluding tert-OH is 1. The largest absolute Gasteiger partial charge is 0.390 e. The number of anilines is 1. The van der Waals surface area contributed by atoms with Crippen molar-refractivity contribution < 1.29 is 51.8 Å². The molecule has 0 spiro atoms. The Kier molecular flexibility index (Phi) is 9.13. The predicted octanol–water partition coefficient (Wildman–Crippen LogP) is 1.31. The number of nitrogens with zero attached hydrogens (tertiary/aromatic N) is 8. The molecule has 2 fully saturated rings. The van der Waals surface area contributed by atoms with Crippen LogP contribution in [0.1, 0.15) is 18.9 Å². The van der Waals surface area contributed by atoms with E-state index in [9.17, 15) is 29.6 Å². The van der Waals surface area contributed by atoms with E-state index in [0.717, 1.165) is 6.33 Å². The molecule has 0 saturated carbocycles. The van der Waals surface area contributed by atoms with Crippen LogP contribution in [-0.4, -0.2) is 98.1 Å². The van der Waals surface area contributed by atoms with Gasteiger partial charge in [0, 0.05) is 12.5 Å². The van der Waals surface area contributed by atoms with Crippen LogP contribution >= 0.6 is 25.8 Å². The molecule has 2 aliphatic rings. The van der Waals surface area contributed by atoms with Crippen molar-refractivity contribution in [1.82, 2.24) is 34.5 Å². The minimum Gasteiger partial charge on any atom is -0.390 e. The molecule has 0 amide bonds. The van der Waals surface area contributed by atoms with E-state index in [4.69, 9.17) is 28.8 Å². The summed E-state index contributed by atoms with van der Waals surface area (Å²) in [5.74, 6) is 0.0243. The predicted molar refractivity (Wildman–Crippen MR) is 159 cm³/mol. The first-order valence-corrected chi connectivity index (χ1v) is 18.4. The Labute approximate surface area is 266 Å². The van der Waals surface area contributed by atoms with Crippen LogP contribution in [-0.2, 0) is 39.4 Å². The quantitative estimate of drug-likeness (QED) is 0.0632. The highest BCUT2D eigenvalue weighted by Crippen LogP contribution is 2.57. The molecular weight excluding hydrogens is 699 g/mol. The highest BCUT2D eigenvalue weighted by atomic mass is 32.7. The van der Waals surface area contributed by atoms with Crippen LogP contribution in [0.5, 0.6) is 0 Å². The highest BCUT2D eigenvalue weighted by molar-refractivity contribution is 8.44. The van der Waals surface area contributed by atoms with Gasteiger partial charge in [-0.1, -0.05) is 23.5 Å². The number of non-ortho nitro benzene ring substituents is 1. The standard InChI is InChI=1S/C21H24FN9O11P2S2/c22-15-18(13(6-38-43(35,36)45)41-21(15)29-8-26-17-19(23)24-7-25-20(17)29)42-44(37,46)39-5-12-11(32)4-14(40-12)30-9-2-1-3-10(31(33)34)16(9)27-28-30/h1-3,7-8,11-15,18,21,32H,4-6H2,(H,37,46)(H2,23,24,25)(H2,35,36,45)/t11-,12+,13+,14+,15+,18+,21+,44?/m0/s1. The number of nitro groups is 1. The van der Waals surface area contributed by atoms with Crippen molar-refractivity contribution in [2.75, 3.05) is 18.9 Å². The minimum absolute atomic E-state index is 0.0207. The molecule has 2 saturated heterocycles. The summed E-state index contributed by atoms with van der Waals surface area (Å²) in [5, 5.41) is 29.7. The first-order chi connectivity index (χ1) is 21.7. The fourth-order valence-electron chi connectivity index (χ4n) is 5.08. The molecule has 1 aromatic carbocycles. The zero-order valence-electron chi connectivity index (χ0n) is 22.9. The maximum absolute atomic E-state index is 16.0. The van der Waals surface area contributed by atoms with E-state index < -0.39 is 74.7 Å². The van der Waals surface area contributed by atoms with Gasteiger partial charge >= 0.3 is 13.5 Å². The van der Waals surface area contributed by atoms with E-state index in [2.05, 4.69) is 49.3 Å². The van der Waals surface area contributed by atoms with E-state index in [0.29, 0.717) is 0 Å². The first kappa shape index (κ1) is 33.1.